The van der Waals surface area contributed by atoms with Gasteiger partial charge in [-0.15, -0.1) is 0 Å². The maximum Gasteiger partial charge on any atom is 0.319 e. The minimum Gasteiger partial charge on any atom is -0.336 e. The molecule has 1 aromatic rings. The molecule has 1 amide bonds. The zero-order valence-corrected chi connectivity index (χ0v) is 10.6. The van der Waals surface area contributed by atoms with Crippen molar-refractivity contribution in [1.82, 2.24) is 9.88 Å². The van der Waals surface area contributed by atoms with Crippen LogP contribution in [-0.2, 0) is 0 Å². The summed E-state index contributed by atoms with van der Waals surface area (Å²) in [5.74, 6) is -0.351. The summed E-state index contributed by atoms with van der Waals surface area (Å²) in [6.07, 6.45) is 3.14. The lowest BCUT2D eigenvalue weighted by molar-refractivity contribution is -0.385. The molecule has 2 heterocycles. The fourth-order valence-electron chi connectivity index (χ4n) is 2.16. The van der Waals surface area contributed by atoms with E-state index in [0.717, 1.165) is 12.8 Å². The predicted molar refractivity (Wildman–Crippen MR) is 65.6 cm³/mol. The van der Waals surface area contributed by atoms with E-state index in [-0.39, 0.29) is 22.7 Å². The van der Waals surface area contributed by atoms with Crippen molar-refractivity contribution < 1.29 is 9.72 Å². The average molecular weight is 270 g/mol. The Hall–Kier alpha value is -1.69. The number of nitrogens with zero attached hydrogens (tertiary/aromatic N) is 3. The van der Waals surface area contributed by atoms with Gasteiger partial charge in [-0.3, -0.25) is 14.9 Å². The van der Waals surface area contributed by atoms with Gasteiger partial charge < -0.3 is 4.90 Å². The summed E-state index contributed by atoms with van der Waals surface area (Å²) in [4.78, 5) is 27.8. The largest absolute Gasteiger partial charge is 0.336 e. The minimum absolute atomic E-state index is 0.00810. The topological polar surface area (TPSA) is 76.3 Å². The second-order valence-corrected chi connectivity index (χ2v) is 4.60. The van der Waals surface area contributed by atoms with Crippen LogP contribution in [0.4, 0.5) is 5.69 Å². The van der Waals surface area contributed by atoms with Gasteiger partial charge in [0.2, 0.25) is 5.15 Å². The van der Waals surface area contributed by atoms with E-state index in [1.807, 2.05) is 6.92 Å². The molecule has 1 aliphatic heterocycles. The van der Waals surface area contributed by atoms with Gasteiger partial charge in [0.05, 0.1) is 4.92 Å². The molecule has 6 nitrogen and oxygen atoms in total. The van der Waals surface area contributed by atoms with Crippen LogP contribution in [0.25, 0.3) is 0 Å². The number of carbonyl (C=O) groups is 1. The van der Waals surface area contributed by atoms with E-state index in [1.54, 1.807) is 4.90 Å². The summed E-state index contributed by atoms with van der Waals surface area (Å²) in [7, 11) is 0. The number of halogens is 1. The number of amides is 1. The van der Waals surface area contributed by atoms with E-state index in [1.165, 1.54) is 12.3 Å². The lowest BCUT2D eigenvalue weighted by atomic mass is 10.2. The second kappa shape index (κ2) is 4.89. The van der Waals surface area contributed by atoms with Crippen LogP contribution in [-0.4, -0.2) is 33.3 Å². The average Bonchev–Trinajstić information content (AvgIpc) is 2.73. The number of pyridine rings is 1. The van der Waals surface area contributed by atoms with Crippen molar-refractivity contribution in [1.29, 1.82) is 0 Å². The van der Waals surface area contributed by atoms with Gasteiger partial charge in [0.15, 0.2) is 0 Å². The van der Waals surface area contributed by atoms with E-state index in [4.69, 9.17) is 11.6 Å². The number of rotatable bonds is 2. The lowest BCUT2D eigenvalue weighted by Gasteiger charge is -2.21. The zero-order chi connectivity index (χ0) is 13.3. The van der Waals surface area contributed by atoms with Gasteiger partial charge in [-0.2, -0.15) is 0 Å². The van der Waals surface area contributed by atoms with Crippen LogP contribution in [0, 0.1) is 10.1 Å². The molecule has 7 heteroatoms. The number of aromatic nitrogens is 1. The molecule has 0 aliphatic carbocycles. The van der Waals surface area contributed by atoms with E-state index in [2.05, 4.69) is 4.98 Å². The molecule has 1 unspecified atom stereocenters. The highest BCUT2D eigenvalue weighted by Gasteiger charge is 2.32. The van der Waals surface area contributed by atoms with Crippen molar-refractivity contribution in [2.75, 3.05) is 6.54 Å². The maximum atomic E-state index is 12.3. The molecule has 0 radical (unpaired) electrons. The van der Waals surface area contributed by atoms with Gasteiger partial charge in [-0.25, -0.2) is 4.98 Å². The smallest absolute Gasteiger partial charge is 0.319 e. The Morgan fingerprint density at radius 2 is 2.39 bits per heavy atom. The third kappa shape index (κ3) is 2.15. The van der Waals surface area contributed by atoms with Gasteiger partial charge >= 0.3 is 5.69 Å². The van der Waals surface area contributed by atoms with Crippen LogP contribution < -0.4 is 0 Å². The molecule has 0 saturated carbocycles. The molecule has 2 rings (SSSR count). The Balaban J connectivity index is 2.42. The minimum atomic E-state index is -0.663. The summed E-state index contributed by atoms with van der Waals surface area (Å²) in [6, 6.07) is 1.45. The molecule has 1 atom stereocenters. The van der Waals surface area contributed by atoms with Crippen molar-refractivity contribution in [3.63, 3.8) is 0 Å². The molecule has 1 aromatic heterocycles. The Bertz CT molecular complexity index is 506. The number of nitro groups is 1. The van der Waals surface area contributed by atoms with Crippen LogP contribution in [0.3, 0.4) is 0 Å². The van der Waals surface area contributed by atoms with Crippen molar-refractivity contribution in [3.05, 3.63) is 33.1 Å². The van der Waals surface area contributed by atoms with E-state index >= 15 is 0 Å². The third-order valence-corrected chi connectivity index (χ3v) is 3.38. The number of hydrogen-bond donors (Lipinski definition) is 0. The highest BCUT2D eigenvalue weighted by molar-refractivity contribution is 6.32. The zero-order valence-electron chi connectivity index (χ0n) is 9.80. The standard InChI is InChI=1S/C11H12ClN3O3/c1-7-3-2-6-14(7)11(16)8-4-5-13-10(12)9(8)15(17)18/h4-5,7H,2-3,6H2,1H3. The molecular weight excluding hydrogens is 258 g/mol. The van der Waals surface area contributed by atoms with Crippen LogP contribution in [0.1, 0.15) is 30.1 Å². The lowest BCUT2D eigenvalue weighted by Crippen LogP contribution is -2.34. The summed E-state index contributed by atoms with van der Waals surface area (Å²) in [5.41, 5.74) is -0.406. The summed E-state index contributed by atoms with van der Waals surface area (Å²) >= 11 is 5.69. The van der Waals surface area contributed by atoms with Crippen LogP contribution in [0.2, 0.25) is 5.15 Å². The monoisotopic (exact) mass is 269 g/mol. The summed E-state index contributed by atoms with van der Waals surface area (Å²) < 4.78 is 0. The van der Waals surface area contributed by atoms with Crippen molar-refractivity contribution >= 4 is 23.2 Å². The SMILES string of the molecule is CC1CCCN1C(=O)c1ccnc(Cl)c1[N+](=O)[O-]. The van der Waals surface area contributed by atoms with Gasteiger partial charge in [0.1, 0.15) is 5.56 Å². The number of carbonyl (C=O) groups excluding carboxylic acids is 1. The molecule has 96 valence electrons. The first-order valence-electron chi connectivity index (χ1n) is 5.62. The third-order valence-electron chi connectivity index (χ3n) is 3.11. The molecule has 1 aliphatic rings. The molecule has 0 aromatic carbocycles. The van der Waals surface area contributed by atoms with E-state index < -0.39 is 10.6 Å². The van der Waals surface area contributed by atoms with E-state index in [0.29, 0.717) is 6.54 Å². The first-order valence-corrected chi connectivity index (χ1v) is 6.00. The molecule has 1 fully saturated rings. The van der Waals surface area contributed by atoms with Crippen molar-refractivity contribution in [2.45, 2.75) is 25.8 Å². The number of likely N-dealkylation sites (tertiary alicyclic amines) is 1. The Morgan fingerprint density at radius 3 is 2.94 bits per heavy atom. The van der Waals surface area contributed by atoms with Crippen LogP contribution in [0.5, 0.6) is 0 Å². The van der Waals surface area contributed by atoms with E-state index in [9.17, 15) is 14.9 Å². The first kappa shape index (κ1) is 12.8. The van der Waals surface area contributed by atoms with Crippen molar-refractivity contribution in [3.8, 4) is 0 Å². The highest BCUT2D eigenvalue weighted by atomic mass is 35.5. The predicted octanol–water partition coefficient (Wildman–Crippen LogP) is 2.27. The molecule has 18 heavy (non-hydrogen) atoms. The van der Waals surface area contributed by atoms with Gasteiger partial charge in [0.25, 0.3) is 5.91 Å². The second-order valence-electron chi connectivity index (χ2n) is 4.24. The fourth-order valence-corrected chi connectivity index (χ4v) is 2.39. The highest BCUT2D eigenvalue weighted by Crippen LogP contribution is 2.29. The van der Waals surface area contributed by atoms with Gasteiger partial charge in [-0.05, 0) is 25.8 Å². The molecule has 0 spiro atoms. The van der Waals surface area contributed by atoms with Gasteiger partial charge in [-0.1, -0.05) is 11.6 Å². The first-order chi connectivity index (χ1) is 8.52. The number of hydrogen-bond acceptors (Lipinski definition) is 4. The fraction of sp³-hybridized carbons (Fsp3) is 0.455. The molecular formula is C11H12ClN3O3. The quantitative estimate of drug-likeness (QED) is 0.469. The summed E-state index contributed by atoms with van der Waals surface area (Å²) in [5, 5.41) is 10.7. The van der Waals surface area contributed by atoms with Crippen molar-refractivity contribution in [2.24, 2.45) is 0 Å². The maximum absolute atomic E-state index is 12.3. The van der Waals surface area contributed by atoms with Crippen LogP contribution >= 0.6 is 11.6 Å². The molecule has 0 N–H and O–H groups in total. The van der Waals surface area contributed by atoms with Gasteiger partial charge in [0, 0.05) is 18.8 Å². The normalized spacial score (nSPS) is 19.0. The van der Waals surface area contributed by atoms with Crippen LogP contribution in [0.15, 0.2) is 12.3 Å². The molecule has 1 saturated heterocycles. The molecule has 0 bridgehead atoms. The Labute approximate surface area is 109 Å². The Morgan fingerprint density at radius 1 is 1.67 bits per heavy atom. The Kier molecular flexibility index (Phi) is 3.47. The summed E-state index contributed by atoms with van der Waals surface area (Å²) in [6.45, 7) is 2.55.